The summed E-state index contributed by atoms with van der Waals surface area (Å²) in [5, 5.41) is 0.345. The first-order valence-electron chi connectivity index (χ1n) is 3.11. The Morgan fingerprint density at radius 3 is 2.82 bits per heavy atom. The first-order valence-corrected chi connectivity index (χ1v) is 3.49. The second-order valence-corrected chi connectivity index (χ2v) is 2.54. The number of hydrogen-bond acceptors (Lipinski definition) is 1. The van der Waals surface area contributed by atoms with Crippen molar-refractivity contribution in [2.75, 3.05) is 0 Å². The molecule has 1 aromatic rings. The predicted octanol–water partition coefficient (Wildman–Crippen LogP) is 2.22. The first-order chi connectivity index (χ1) is 5.24. The summed E-state index contributed by atoms with van der Waals surface area (Å²) >= 11 is 5.49. The molecule has 0 atom stereocenters. The minimum Gasteiger partial charge on any atom is -0.303 e. The zero-order valence-electron chi connectivity index (χ0n) is 5.68. The molecule has 1 aromatic carbocycles. The fourth-order valence-corrected chi connectivity index (χ4v) is 0.936. The molecule has 0 N–H and O–H groups in total. The molecule has 0 aliphatic carbocycles. The van der Waals surface area contributed by atoms with Gasteiger partial charge in [0.2, 0.25) is 0 Å². The maximum Gasteiger partial charge on any atom is 0.128 e. The van der Waals surface area contributed by atoms with Gasteiger partial charge in [-0.1, -0.05) is 17.7 Å². The molecule has 0 unspecified atom stereocenters. The molecule has 0 amide bonds. The van der Waals surface area contributed by atoms with Crippen molar-refractivity contribution in [3.8, 4) is 0 Å². The van der Waals surface area contributed by atoms with Gasteiger partial charge in [-0.05, 0) is 17.7 Å². The zero-order chi connectivity index (χ0) is 8.27. The van der Waals surface area contributed by atoms with Crippen molar-refractivity contribution in [1.29, 1.82) is 0 Å². The first kappa shape index (κ1) is 8.21. The second kappa shape index (κ2) is 3.49. The molecule has 0 radical (unpaired) electrons. The molecule has 1 nitrogen and oxygen atoms in total. The van der Waals surface area contributed by atoms with Gasteiger partial charge in [-0.2, -0.15) is 0 Å². The largest absolute Gasteiger partial charge is 0.303 e. The Labute approximate surface area is 68.8 Å². The average Bonchev–Trinajstić information content (AvgIpc) is 1.95. The third kappa shape index (κ3) is 2.02. The molecule has 0 aliphatic rings. The topological polar surface area (TPSA) is 17.1 Å². The number of halogens is 2. The lowest BCUT2D eigenvalue weighted by molar-refractivity contribution is -0.107. The lowest BCUT2D eigenvalue weighted by atomic mass is 10.1. The van der Waals surface area contributed by atoms with Gasteiger partial charge in [-0.25, -0.2) is 4.39 Å². The molecule has 0 saturated carbocycles. The van der Waals surface area contributed by atoms with Gasteiger partial charge < -0.3 is 4.79 Å². The van der Waals surface area contributed by atoms with E-state index in [-0.39, 0.29) is 6.42 Å². The molecule has 0 saturated heterocycles. The van der Waals surface area contributed by atoms with Crippen molar-refractivity contribution in [3.63, 3.8) is 0 Å². The second-order valence-electron chi connectivity index (χ2n) is 2.11. The summed E-state index contributed by atoms with van der Waals surface area (Å²) in [7, 11) is 0. The predicted molar refractivity (Wildman–Crippen MR) is 41.2 cm³/mol. The van der Waals surface area contributed by atoms with Gasteiger partial charge in [0.05, 0.1) is 0 Å². The molecule has 0 bridgehead atoms. The maximum atomic E-state index is 12.8. The lowest BCUT2D eigenvalue weighted by Gasteiger charge is -1.97. The molecular weight excluding hydrogens is 167 g/mol. The molecule has 58 valence electrons. The molecule has 0 fully saturated rings. The van der Waals surface area contributed by atoms with E-state index in [0.29, 0.717) is 16.9 Å². The Morgan fingerprint density at radius 2 is 2.27 bits per heavy atom. The van der Waals surface area contributed by atoms with Crippen LogP contribution in [0.5, 0.6) is 0 Å². The van der Waals surface area contributed by atoms with E-state index in [1.807, 2.05) is 0 Å². The normalized spacial score (nSPS) is 9.64. The molecular formula is C8H6ClFO. The summed E-state index contributed by atoms with van der Waals surface area (Å²) in [6.07, 6.45) is 0.759. The highest BCUT2D eigenvalue weighted by Gasteiger charge is 2.00. The Hall–Kier alpha value is -0.890. The molecule has 0 spiro atoms. The van der Waals surface area contributed by atoms with E-state index >= 15 is 0 Å². The molecule has 11 heavy (non-hydrogen) atoms. The van der Waals surface area contributed by atoms with Crippen LogP contribution in [0.2, 0.25) is 5.02 Å². The van der Waals surface area contributed by atoms with Gasteiger partial charge in [-0.15, -0.1) is 0 Å². The summed E-state index contributed by atoms with van der Waals surface area (Å²) in [4.78, 5) is 10.0. The fraction of sp³-hybridized carbons (Fsp3) is 0.125. The number of carbonyl (C=O) groups is 1. The summed E-state index contributed by atoms with van der Waals surface area (Å²) in [6, 6.07) is 4.26. The highest BCUT2D eigenvalue weighted by molar-refractivity contribution is 6.30. The fourth-order valence-electron chi connectivity index (χ4n) is 0.777. The Kier molecular flexibility index (Phi) is 2.60. The maximum absolute atomic E-state index is 12.8. The molecule has 0 heterocycles. The van der Waals surface area contributed by atoms with Crippen LogP contribution in [0.25, 0.3) is 0 Å². The number of benzene rings is 1. The number of rotatable bonds is 2. The van der Waals surface area contributed by atoms with E-state index in [1.165, 1.54) is 12.1 Å². The van der Waals surface area contributed by atoms with Gasteiger partial charge in [0.25, 0.3) is 0 Å². The molecule has 1 rings (SSSR count). The standard InChI is InChI=1S/C8H6ClFO/c9-7-2-1-6(3-4-11)8(10)5-7/h1-2,4-5H,3H2. The third-order valence-corrected chi connectivity index (χ3v) is 1.55. The summed E-state index contributed by atoms with van der Waals surface area (Å²) in [5.41, 5.74) is 0.379. The van der Waals surface area contributed by atoms with Crippen LogP contribution in [0.15, 0.2) is 18.2 Å². The Bertz CT molecular complexity index is 273. The average molecular weight is 173 g/mol. The number of carbonyl (C=O) groups excluding carboxylic acids is 1. The van der Waals surface area contributed by atoms with Crippen molar-refractivity contribution in [2.24, 2.45) is 0 Å². The minimum atomic E-state index is -0.426. The van der Waals surface area contributed by atoms with Gasteiger partial charge >= 0.3 is 0 Å². The third-order valence-electron chi connectivity index (χ3n) is 1.32. The van der Waals surface area contributed by atoms with Gasteiger partial charge in [0.15, 0.2) is 0 Å². The van der Waals surface area contributed by atoms with E-state index < -0.39 is 5.82 Å². The van der Waals surface area contributed by atoms with Gasteiger partial charge in [0, 0.05) is 11.4 Å². The van der Waals surface area contributed by atoms with E-state index in [0.717, 1.165) is 0 Å². The Balaban J connectivity index is 2.98. The van der Waals surface area contributed by atoms with Crippen LogP contribution < -0.4 is 0 Å². The van der Waals surface area contributed by atoms with E-state index in [9.17, 15) is 9.18 Å². The molecule has 3 heteroatoms. The van der Waals surface area contributed by atoms with Crippen LogP contribution in [0.4, 0.5) is 4.39 Å². The smallest absolute Gasteiger partial charge is 0.128 e. The van der Waals surface area contributed by atoms with Crippen LogP contribution in [0.1, 0.15) is 5.56 Å². The van der Waals surface area contributed by atoms with Crippen LogP contribution >= 0.6 is 11.6 Å². The van der Waals surface area contributed by atoms with Gasteiger partial charge in [0.1, 0.15) is 12.1 Å². The summed E-state index contributed by atoms with van der Waals surface area (Å²) < 4.78 is 12.8. The SMILES string of the molecule is O=CCc1ccc(Cl)cc1F. The summed E-state index contributed by atoms with van der Waals surface area (Å²) in [6.45, 7) is 0. The van der Waals surface area contributed by atoms with Crippen molar-refractivity contribution < 1.29 is 9.18 Å². The monoisotopic (exact) mass is 172 g/mol. The summed E-state index contributed by atoms with van der Waals surface area (Å²) in [5.74, 6) is -0.426. The van der Waals surface area contributed by atoms with E-state index in [1.54, 1.807) is 6.07 Å². The number of hydrogen-bond donors (Lipinski definition) is 0. The van der Waals surface area contributed by atoms with Crippen molar-refractivity contribution in [3.05, 3.63) is 34.6 Å². The van der Waals surface area contributed by atoms with E-state index in [2.05, 4.69) is 0 Å². The quantitative estimate of drug-likeness (QED) is 0.626. The zero-order valence-corrected chi connectivity index (χ0v) is 6.44. The minimum absolute atomic E-state index is 0.100. The van der Waals surface area contributed by atoms with Crippen molar-refractivity contribution in [2.45, 2.75) is 6.42 Å². The van der Waals surface area contributed by atoms with Gasteiger partial charge in [-0.3, -0.25) is 0 Å². The lowest BCUT2D eigenvalue weighted by Crippen LogP contribution is -1.90. The highest BCUT2D eigenvalue weighted by Crippen LogP contribution is 2.14. The van der Waals surface area contributed by atoms with Crippen LogP contribution in [0, 0.1) is 5.82 Å². The van der Waals surface area contributed by atoms with E-state index in [4.69, 9.17) is 11.6 Å². The van der Waals surface area contributed by atoms with Crippen LogP contribution in [0.3, 0.4) is 0 Å². The van der Waals surface area contributed by atoms with Crippen molar-refractivity contribution >= 4 is 17.9 Å². The molecule has 0 aromatic heterocycles. The molecule has 0 aliphatic heterocycles. The van der Waals surface area contributed by atoms with Crippen LogP contribution in [-0.4, -0.2) is 6.29 Å². The van der Waals surface area contributed by atoms with Crippen molar-refractivity contribution in [1.82, 2.24) is 0 Å². The van der Waals surface area contributed by atoms with Crippen LogP contribution in [-0.2, 0) is 11.2 Å². The number of aldehydes is 1. The highest BCUT2D eigenvalue weighted by atomic mass is 35.5. The Morgan fingerprint density at radius 1 is 1.55 bits per heavy atom.